The summed E-state index contributed by atoms with van der Waals surface area (Å²) >= 11 is 0. The average Bonchev–Trinajstić information content (AvgIpc) is 3.01. The number of hydrogen-bond acceptors (Lipinski definition) is 5. The first-order valence-electron chi connectivity index (χ1n) is 9.38. The summed E-state index contributed by atoms with van der Waals surface area (Å²) in [5.74, 6) is 0.531. The maximum absolute atomic E-state index is 12.6. The molecular formula is C19H29N3O5. The van der Waals surface area contributed by atoms with Crippen molar-refractivity contribution in [1.29, 1.82) is 0 Å². The summed E-state index contributed by atoms with van der Waals surface area (Å²) in [4.78, 5) is 27.9. The van der Waals surface area contributed by atoms with Crippen LogP contribution >= 0.6 is 0 Å². The number of nitrogens with one attached hydrogen (secondary N) is 1. The summed E-state index contributed by atoms with van der Waals surface area (Å²) in [7, 11) is 0. The fraction of sp³-hybridized carbons (Fsp3) is 0.579. The minimum absolute atomic E-state index is 0.0112. The molecule has 1 aromatic rings. The fourth-order valence-electron chi connectivity index (χ4n) is 2.82. The Balaban J connectivity index is 1.84. The molecule has 1 aromatic carbocycles. The first kappa shape index (κ1) is 21.0. The molecule has 0 bridgehead atoms. The van der Waals surface area contributed by atoms with E-state index in [9.17, 15) is 9.59 Å². The Morgan fingerprint density at radius 1 is 1.07 bits per heavy atom. The van der Waals surface area contributed by atoms with Crippen LogP contribution in [0.5, 0.6) is 5.75 Å². The number of carbonyl (C=O) groups excluding carboxylic acids is 2. The monoisotopic (exact) mass is 379 g/mol. The fourth-order valence-corrected chi connectivity index (χ4v) is 2.82. The lowest BCUT2D eigenvalue weighted by Crippen LogP contribution is -2.43. The van der Waals surface area contributed by atoms with Gasteiger partial charge in [0, 0.05) is 32.0 Å². The van der Waals surface area contributed by atoms with Gasteiger partial charge in [-0.25, -0.2) is 4.79 Å². The van der Waals surface area contributed by atoms with Crippen LogP contribution in [0.2, 0.25) is 0 Å². The molecule has 8 heteroatoms. The van der Waals surface area contributed by atoms with E-state index < -0.39 is 6.29 Å². The first-order valence-corrected chi connectivity index (χ1v) is 9.38. The van der Waals surface area contributed by atoms with Crippen LogP contribution in [-0.2, 0) is 14.3 Å². The van der Waals surface area contributed by atoms with E-state index in [0.29, 0.717) is 32.9 Å². The Hall–Kier alpha value is -2.32. The molecule has 1 aliphatic rings. The molecule has 1 N–H and O–H groups in total. The van der Waals surface area contributed by atoms with Crippen LogP contribution < -0.4 is 15.0 Å². The molecule has 1 aliphatic heterocycles. The molecular weight excluding hydrogens is 350 g/mol. The molecule has 0 saturated carbocycles. The van der Waals surface area contributed by atoms with Gasteiger partial charge < -0.3 is 24.4 Å². The number of anilines is 1. The lowest BCUT2D eigenvalue weighted by Gasteiger charge is -2.20. The zero-order chi connectivity index (χ0) is 19.6. The molecule has 1 saturated heterocycles. The van der Waals surface area contributed by atoms with Gasteiger partial charge in [-0.3, -0.25) is 9.69 Å². The highest BCUT2D eigenvalue weighted by molar-refractivity contribution is 5.96. The van der Waals surface area contributed by atoms with Gasteiger partial charge in [-0.2, -0.15) is 0 Å². The van der Waals surface area contributed by atoms with E-state index in [-0.39, 0.29) is 25.0 Å². The summed E-state index contributed by atoms with van der Waals surface area (Å²) < 4.78 is 16.2. The summed E-state index contributed by atoms with van der Waals surface area (Å²) in [6.45, 7) is 8.57. The molecule has 0 atom stereocenters. The van der Waals surface area contributed by atoms with Crippen LogP contribution in [0, 0.1) is 0 Å². The van der Waals surface area contributed by atoms with Crippen LogP contribution in [0.1, 0.15) is 20.8 Å². The Kier molecular flexibility index (Phi) is 8.35. The van der Waals surface area contributed by atoms with E-state index in [0.717, 1.165) is 11.4 Å². The number of nitrogens with zero attached hydrogens (tertiary/aromatic N) is 2. The molecule has 1 fully saturated rings. The Bertz CT molecular complexity index is 602. The highest BCUT2D eigenvalue weighted by atomic mass is 16.7. The third-order valence-corrected chi connectivity index (χ3v) is 4.06. The van der Waals surface area contributed by atoms with Gasteiger partial charge in [0.15, 0.2) is 6.29 Å². The van der Waals surface area contributed by atoms with Crippen molar-refractivity contribution in [1.82, 2.24) is 10.2 Å². The Morgan fingerprint density at radius 3 is 2.33 bits per heavy atom. The van der Waals surface area contributed by atoms with Crippen molar-refractivity contribution < 1.29 is 23.8 Å². The highest BCUT2D eigenvalue weighted by Gasteiger charge is 2.30. The number of rotatable bonds is 11. The van der Waals surface area contributed by atoms with E-state index in [2.05, 4.69) is 5.32 Å². The molecule has 0 spiro atoms. The molecule has 0 unspecified atom stereocenters. The second kappa shape index (κ2) is 10.7. The van der Waals surface area contributed by atoms with Crippen molar-refractivity contribution in [2.24, 2.45) is 0 Å². The smallest absolute Gasteiger partial charge is 0.325 e. The van der Waals surface area contributed by atoms with Crippen LogP contribution in [0.3, 0.4) is 0 Å². The molecule has 150 valence electrons. The molecule has 8 nitrogen and oxygen atoms in total. The van der Waals surface area contributed by atoms with E-state index in [1.165, 1.54) is 4.90 Å². The second-order valence-electron chi connectivity index (χ2n) is 5.93. The largest absolute Gasteiger partial charge is 0.494 e. The number of urea groups is 1. The van der Waals surface area contributed by atoms with E-state index in [1.54, 1.807) is 4.90 Å². The molecule has 0 aromatic heterocycles. The summed E-state index contributed by atoms with van der Waals surface area (Å²) in [6.07, 6.45) is -0.474. The lowest BCUT2D eigenvalue weighted by molar-refractivity contribution is -0.140. The van der Waals surface area contributed by atoms with Crippen molar-refractivity contribution in [3.63, 3.8) is 0 Å². The number of amides is 3. The van der Waals surface area contributed by atoms with Crippen LogP contribution in [0.25, 0.3) is 0 Å². The Labute approximate surface area is 160 Å². The van der Waals surface area contributed by atoms with Crippen molar-refractivity contribution in [3.8, 4) is 5.75 Å². The van der Waals surface area contributed by atoms with Crippen LogP contribution in [0.15, 0.2) is 24.3 Å². The Morgan fingerprint density at radius 2 is 1.74 bits per heavy atom. The van der Waals surface area contributed by atoms with Gasteiger partial charge in [-0.05, 0) is 45.0 Å². The van der Waals surface area contributed by atoms with E-state index in [1.807, 2.05) is 45.0 Å². The van der Waals surface area contributed by atoms with Gasteiger partial charge in [-0.1, -0.05) is 0 Å². The van der Waals surface area contributed by atoms with Gasteiger partial charge in [0.2, 0.25) is 5.91 Å². The summed E-state index contributed by atoms with van der Waals surface area (Å²) in [6, 6.07) is 7.19. The second-order valence-corrected chi connectivity index (χ2v) is 5.93. The zero-order valence-electron chi connectivity index (χ0n) is 16.3. The molecule has 2 rings (SSSR count). The molecule has 3 amide bonds. The third-order valence-electron chi connectivity index (χ3n) is 4.06. The van der Waals surface area contributed by atoms with Crippen molar-refractivity contribution in [2.45, 2.75) is 27.1 Å². The molecule has 0 radical (unpaired) electrons. The first-order chi connectivity index (χ1) is 13.1. The summed E-state index contributed by atoms with van der Waals surface area (Å²) in [5.41, 5.74) is 0.791. The van der Waals surface area contributed by atoms with Gasteiger partial charge >= 0.3 is 6.03 Å². The highest BCUT2D eigenvalue weighted by Crippen LogP contribution is 2.23. The van der Waals surface area contributed by atoms with Gasteiger partial charge in [0.05, 0.1) is 13.2 Å². The lowest BCUT2D eigenvalue weighted by atomic mass is 10.3. The maximum atomic E-state index is 12.6. The minimum Gasteiger partial charge on any atom is -0.494 e. The molecule has 0 aliphatic carbocycles. The number of hydrogen-bond donors (Lipinski definition) is 1. The third kappa shape index (κ3) is 6.11. The molecule has 1 heterocycles. The summed E-state index contributed by atoms with van der Waals surface area (Å²) in [5, 5.41) is 2.76. The van der Waals surface area contributed by atoms with Crippen molar-refractivity contribution in [2.75, 3.05) is 50.9 Å². The predicted molar refractivity (Wildman–Crippen MR) is 102 cm³/mol. The molecule has 27 heavy (non-hydrogen) atoms. The van der Waals surface area contributed by atoms with Crippen molar-refractivity contribution >= 4 is 17.6 Å². The van der Waals surface area contributed by atoms with Gasteiger partial charge in [-0.15, -0.1) is 0 Å². The number of ether oxygens (including phenoxy) is 3. The quantitative estimate of drug-likeness (QED) is 0.594. The number of benzene rings is 1. The standard InChI is InChI=1S/C19H29N3O5/c1-4-25-16-9-7-15(8-10-16)22-12-11-21(19(22)24)14-17(23)20-13-18(26-5-2)27-6-3/h7-10,18H,4-6,11-14H2,1-3H3,(H,20,23). The van der Waals surface area contributed by atoms with E-state index >= 15 is 0 Å². The number of carbonyl (C=O) groups is 2. The van der Waals surface area contributed by atoms with Gasteiger partial charge in [0.25, 0.3) is 0 Å². The minimum atomic E-state index is -0.474. The SMILES string of the molecule is CCOc1ccc(N2CCN(CC(=O)NCC(OCC)OCC)C2=O)cc1. The van der Waals surface area contributed by atoms with Crippen LogP contribution in [-0.4, -0.2) is 69.1 Å². The zero-order valence-corrected chi connectivity index (χ0v) is 16.3. The maximum Gasteiger partial charge on any atom is 0.325 e. The predicted octanol–water partition coefficient (Wildman–Crippen LogP) is 1.84. The van der Waals surface area contributed by atoms with Crippen LogP contribution in [0.4, 0.5) is 10.5 Å². The average molecular weight is 379 g/mol. The van der Waals surface area contributed by atoms with E-state index in [4.69, 9.17) is 14.2 Å². The topological polar surface area (TPSA) is 80.3 Å². The van der Waals surface area contributed by atoms with Gasteiger partial charge in [0.1, 0.15) is 12.3 Å². The van der Waals surface area contributed by atoms with Crippen molar-refractivity contribution in [3.05, 3.63) is 24.3 Å². The normalized spacial score (nSPS) is 14.1.